The Morgan fingerprint density at radius 3 is 2.62 bits per heavy atom. The zero-order valence-electron chi connectivity index (χ0n) is 9.09. The number of fused-ring (bicyclic) bond motifs is 1. The van der Waals surface area contributed by atoms with Crippen LogP contribution < -0.4 is 5.73 Å². The third kappa shape index (κ3) is 2.02. The minimum atomic E-state index is 0.339. The number of aromatic nitrogens is 1. The molecule has 2 N–H and O–H groups in total. The highest BCUT2D eigenvalue weighted by atomic mass is 79.9. The van der Waals surface area contributed by atoms with Gasteiger partial charge < -0.3 is 5.73 Å². The van der Waals surface area contributed by atoms with E-state index < -0.39 is 0 Å². The van der Waals surface area contributed by atoms with Crippen molar-refractivity contribution < 1.29 is 0 Å². The van der Waals surface area contributed by atoms with Crippen LogP contribution in [-0.2, 0) is 0 Å². The lowest BCUT2D eigenvalue weighted by Gasteiger charge is -2.10. The van der Waals surface area contributed by atoms with Gasteiger partial charge in [-0.2, -0.15) is 0 Å². The van der Waals surface area contributed by atoms with Crippen molar-refractivity contribution in [1.82, 2.24) is 4.98 Å². The van der Waals surface area contributed by atoms with Gasteiger partial charge in [0.05, 0.1) is 10.5 Å². The van der Waals surface area contributed by atoms with E-state index in [-0.39, 0.29) is 0 Å². The second kappa shape index (κ2) is 4.22. The lowest BCUT2D eigenvalue weighted by molar-refractivity contribution is 0.830. The van der Waals surface area contributed by atoms with Gasteiger partial charge in [-0.1, -0.05) is 41.4 Å². The molecule has 0 fully saturated rings. The van der Waals surface area contributed by atoms with Crippen LogP contribution in [0.1, 0.15) is 25.5 Å². The van der Waals surface area contributed by atoms with Gasteiger partial charge in [-0.3, -0.25) is 4.98 Å². The van der Waals surface area contributed by atoms with Crippen molar-refractivity contribution in [1.29, 1.82) is 0 Å². The lowest BCUT2D eigenvalue weighted by Crippen LogP contribution is -1.98. The monoisotopic (exact) mass is 298 g/mol. The molecule has 2 rings (SSSR count). The third-order valence-electron chi connectivity index (χ3n) is 2.48. The maximum atomic E-state index is 6.16. The molecule has 0 saturated carbocycles. The van der Waals surface area contributed by atoms with Crippen LogP contribution >= 0.6 is 27.5 Å². The molecule has 2 nitrogen and oxygen atoms in total. The molecule has 2 aromatic rings. The first-order valence-corrected chi connectivity index (χ1v) is 6.21. The van der Waals surface area contributed by atoms with Crippen molar-refractivity contribution in [2.45, 2.75) is 19.8 Å². The zero-order chi connectivity index (χ0) is 11.9. The molecule has 0 unspecified atom stereocenters. The summed E-state index contributed by atoms with van der Waals surface area (Å²) in [5.41, 5.74) is 8.47. The molecule has 4 heteroatoms. The van der Waals surface area contributed by atoms with E-state index in [1.165, 1.54) is 0 Å². The quantitative estimate of drug-likeness (QED) is 0.850. The third-order valence-corrected chi connectivity index (χ3v) is 3.22. The van der Waals surface area contributed by atoms with E-state index in [1.807, 2.05) is 18.2 Å². The number of benzene rings is 1. The highest BCUT2D eigenvalue weighted by molar-refractivity contribution is 9.10. The first kappa shape index (κ1) is 11.7. The smallest absolute Gasteiger partial charge is 0.0913 e. The first-order chi connectivity index (χ1) is 7.49. The summed E-state index contributed by atoms with van der Waals surface area (Å²) in [5, 5.41) is 1.52. The summed E-state index contributed by atoms with van der Waals surface area (Å²) in [6.07, 6.45) is 0. The molecule has 0 aliphatic rings. The number of hydrogen-bond donors (Lipinski definition) is 1. The highest BCUT2D eigenvalue weighted by Gasteiger charge is 2.10. The van der Waals surface area contributed by atoms with Gasteiger partial charge in [-0.05, 0) is 24.1 Å². The Kier molecular flexibility index (Phi) is 3.08. The number of nitrogen functional groups attached to an aromatic ring is 1. The topological polar surface area (TPSA) is 38.9 Å². The fourth-order valence-corrected chi connectivity index (χ4v) is 2.45. The molecule has 0 aliphatic heterocycles. The Hall–Kier alpha value is -0.800. The summed E-state index contributed by atoms with van der Waals surface area (Å²) in [7, 11) is 0. The molecule has 0 saturated heterocycles. The SMILES string of the molecule is CC(C)c1cc(N)c2cc(Br)cc(Cl)c2n1. The van der Waals surface area contributed by atoms with E-state index in [2.05, 4.69) is 34.8 Å². The molecule has 0 radical (unpaired) electrons. The summed E-state index contributed by atoms with van der Waals surface area (Å²) < 4.78 is 0.913. The molecule has 16 heavy (non-hydrogen) atoms. The van der Waals surface area contributed by atoms with E-state index in [4.69, 9.17) is 17.3 Å². The minimum Gasteiger partial charge on any atom is -0.398 e. The minimum absolute atomic E-state index is 0.339. The van der Waals surface area contributed by atoms with Gasteiger partial charge in [0.15, 0.2) is 0 Å². The van der Waals surface area contributed by atoms with E-state index in [9.17, 15) is 0 Å². The number of pyridine rings is 1. The van der Waals surface area contributed by atoms with Gasteiger partial charge in [-0.25, -0.2) is 0 Å². The Labute approximate surface area is 108 Å². The zero-order valence-corrected chi connectivity index (χ0v) is 11.4. The van der Waals surface area contributed by atoms with Gasteiger partial charge in [0.1, 0.15) is 0 Å². The number of anilines is 1. The molecule has 1 aromatic carbocycles. The van der Waals surface area contributed by atoms with E-state index >= 15 is 0 Å². The van der Waals surface area contributed by atoms with Crippen molar-refractivity contribution in [3.8, 4) is 0 Å². The van der Waals surface area contributed by atoms with Crippen LogP contribution in [0.5, 0.6) is 0 Å². The van der Waals surface area contributed by atoms with Crippen LogP contribution in [-0.4, -0.2) is 4.98 Å². The standard InChI is InChI=1S/C12H12BrClN2/c1-6(2)11-5-10(15)8-3-7(13)4-9(14)12(8)16-11/h3-6H,1-2H3,(H2,15,16). The van der Waals surface area contributed by atoms with E-state index in [0.29, 0.717) is 10.9 Å². The largest absolute Gasteiger partial charge is 0.398 e. The maximum absolute atomic E-state index is 6.16. The van der Waals surface area contributed by atoms with Crippen LogP contribution in [0.15, 0.2) is 22.7 Å². The fourth-order valence-electron chi connectivity index (χ4n) is 1.59. The van der Waals surface area contributed by atoms with Crippen LogP contribution in [0.3, 0.4) is 0 Å². The van der Waals surface area contributed by atoms with Gasteiger partial charge >= 0.3 is 0 Å². The predicted molar refractivity (Wildman–Crippen MR) is 73.0 cm³/mol. The Bertz CT molecular complexity index is 552. The van der Waals surface area contributed by atoms with Crippen LogP contribution in [0.2, 0.25) is 5.02 Å². The Balaban J connectivity index is 2.82. The Morgan fingerprint density at radius 2 is 2.00 bits per heavy atom. The van der Waals surface area contributed by atoms with Crippen molar-refractivity contribution in [2.75, 3.05) is 5.73 Å². The summed E-state index contributed by atoms with van der Waals surface area (Å²) in [6.45, 7) is 4.17. The average Bonchev–Trinajstić information content (AvgIpc) is 2.19. The van der Waals surface area contributed by atoms with Crippen molar-refractivity contribution >= 4 is 44.1 Å². The van der Waals surface area contributed by atoms with Gasteiger partial charge in [-0.15, -0.1) is 0 Å². The molecule has 84 valence electrons. The molecule has 0 amide bonds. The number of nitrogens with two attached hydrogens (primary N) is 1. The molecular formula is C12H12BrClN2. The summed E-state index contributed by atoms with van der Waals surface area (Å²) in [6, 6.07) is 5.68. The molecule has 1 aromatic heterocycles. The second-order valence-corrected chi connectivity index (χ2v) is 5.40. The maximum Gasteiger partial charge on any atom is 0.0913 e. The molecule has 0 spiro atoms. The fraction of sp³-hybridized carbons (Fsp3) is 0.250. The first-order valence-electron chi connectivity index (χ1n) is 5.04. The normalized spacial score (nSPS) is 11.3. The van der Waals surface area contributed by atoms with Gasteiger partial charge in [0, 0.05) is 21.2 Å². The van der Waals surface area contributed by atoms with E-state index in [0.717, 1.165) is 26.8 Å². The van der Waals surface area contributed by atoms with E-state index in [1.54, 1.807) is 0 Å². The van der Waals surface area contributed by atoms with Gasteiger partial charge in [0.2, 0.25) is 0 Å². The molecule has 0 atom stereocenters. The van der Waals surface area contributed by atoms with Crippen LogP contribution in [0.25, 0.3) is 10.9 Å². The molecular weight excluding hydrogens is 288 g/mol. The second-order valence-electron chi connectivity index (χ2n) is 4.07. The highest BCUT2D eigenvalue weighted by Crippen LogP contribution is 2.32. The van der Waals surface area contributed by atoms with Crippen molar-refractivity contribution in [2.24, 2.45) is 0 Å². The van der Waals surface area contributed by atoms with Crippen LogP contribution in [0, 0.1) is 0 Å². The summed E-state index contributed by atoms with van der Waals surface area (Å²) in [5.74, 6) is 0.339. The summed E-state index contributed by atoms with van der Waals surface area (Å²) in [4.78, 5) is 4.54. The number of rotatable bonds is 1. The number of hydrogen-bond acceptors (Lipinski definition) is 2. The average molecular weight is 300 g/mol. The number of halogens is 2. The predicted octanol–water partition coefficient (Wildman–Crippen LogP) is 4.36. The molecule has 1 heterocycles. The molecule has 0 aliphatic carbocycles. The van der Waals surface area contributed by atoms with Crippen LogP contribution in [0.4, 0.5) is 5.69 Å². The summed E-state index contributed by atoms with van der Waals surface area (Å²) >= 11 is 9.56. The van der Waals surface area contributed by atoms with Crippen molar-refractivity contribution in [3.63, 3.8) is 0 Å². The lowest BCUT2D eigenvalue weighted by atomic mass is 10.1. The Morgan fingerprint density at radius 1 is 1.31 bits per heavy atom. The number of nitrogens with zero attached hydrogens (tertiary/aromatic N) is 1. The molecule has 0 bridgehead atoms. The van der Waals surface area contributed by atoms with Crippen molar-refractivity contribution in [3.05, 3.63) is 33.4 Å². The van der Waals surface area contributed by atoms with Gasteiger partial charge in [0.25, 0.3) is 0 Å².